The molecule has 2 rings (SSSR count). The van der Waals surface area contributed by atoms with E-state index in [0.717, 1.165) is 4.88 Å². The van der Waals surface area contributed by atoms with Gasteiger partial charge in [-0.25, -0.2) is 9.59 Å². The van der Waals surface area contributed by atoms with Crippen LogP contribution in [0.2, 0.25) is 0 Å². The van der Waals surface area contributed by atoms with E-state index in [4.69, 9.17) is 5.11 Å². The Kier molecular flexibility index (Phi) is 4.78. The molecule has 0 spiro atoms. The molecule has 0 aliphatic carbocycles. The van der Waals surface area contributed by atoms with Gasteiger partial charge in [-0.1, -0.05) is 12.1 Å². The van der Waals surface area contributed by atoms with Crippen molar-refractivity contribution in [1.82, 2.24) is 5.32 Å². The van der Waals surface area contributed by atoms with Crippen LogP contribution in [-0.2, 0) is 6.42 Å². The van der Waals surface area contributed by atoms with Crippen molar-refractivity contribution in [3.63, 3.8) is 0 Å². The van der Waals surface area contributed by atoms with Gasteiger partial charge in [0.05, 0.1) is 5.69 Å². The summed E-state index contributed by atoms with van der Waals surface area (Å²) in [5.74, 6) is -1.72. The lowest BCUT2D eigenvalue weighted by molar-refractivity contribution is 0.0693. The molecular weight excluding hydrogens is 292 g/mol. The van der Waals surface area contributed by atoms with Crippen molar-refractivity contribution >= 4 is 29.0 Å². The summed E-state index contributed by atoms with van der Waals surface area (Å²) in [7, 11) is 0. The Labute approximate surface area is 125 Å². The number of carbonyl (C=O) groups excluding carboxylic acids is 1. The summed E-state index contributed by atoms with van der Waals surface area (Å²) >= 11 is 1.61. The second-order valence-corrected chi connectivity index (χ2v) is 5.25. The van der Waals surface area contributed by atoms with Crippen molar-refractivity contribution in [2.24, 2.45) is 0 Å². The highest BCUT2D eigenvalue weighted by Gasteiger charge is 2.14. The van der Waals surface area contributed by atoms with Crippen LogP contribution in [0.1, 0.15) is 15.2 Å². The van der Waals surface area contributed by atoms with E-state index in [9.17, 15) is 14.7 Å². The molecule has 0 unspecified atom stereocenters. The largest absolute Gasteiger partial charge is 0.505 e. The Morgan fingerprint density at radius 1 is 1.19 bits per heavy atom. The van der Waals surface area contributed by atoms with Crippen LogP contribution in [0.5, 0.6) is 5.75 Å². The quantitative estimate of drug-likeness (QED) is 0.638. The van der Waals surface area contributed by atoms with Crippen LogP contribution < -0.4 is 10.6 Å². The summed E-state index contributed by atoms with van der Waals surface area (Å²) in [6, 6.07) is 7.56. The summed E-state index contributed by atoms with van der Waals surface area (Å²) in [6.07, 6.45) is 0.715. The highest BCUT2D eigenvalue weighted by molar-refractivity contribution is 7.09. The molecule has 0 aliphatic rings. The SMILES string of the molecule is O=C(NCCc1cccs1)Nc1cccc(C(=O)O)c1O. The normalized spacial score (nSPS) is 10.1. The number of aromatic hydroxyl groups is 1. The Morgan fingerprint density at radius 3 is 2.67 bits per heavy atom. The number of carboxylic acid groups (broad SMARTS) is 1. The number of nitrogens with one attached hydrogen (secondary N) is 2. The predicted molar refractivity (Wildman–Crippen MR) is 80.1 cm³/mol. The molecule has 7 heteroatoms. The van der Waals surface area contributed by atoms with E-state index in [1.165, 1.54) is 18.2 Å². The number of rotatable bonds is 5. The molecular formula is C14H14N2O4S. The number of urea groups is 1. The first-order chi connectivity index (χ1) is 10.1. The van der Waals surface area contributed by atoms with Crippen LogP contribution in [0.3, 0.4) is 0 Å². The van der Waals surface area contributed by atoms with Gasteiger partial charge in [0, 0.05) is 11.4 Å². The number of carbonyl (C=O) groups is 2. The van der Waals surface area contributed by atoms with Crippen molar-refractivity contribution < 1.29 is 19.8 Å². The molecule has 6 nitrogen and oxygen atoms in total. The summed E-state index contributed by atoms with van der Waals surface area (Å²) in [4.78, 5) is 23.7. The highest BCUT2D eigenvalue weighted by atomic mass is 32.1. The Hall–Kier alpha value is -2.54. The van der Waals surface area contributed by atoms with Crippen molar-refractivity contribution in [3.8, 4) is 5.75 Å². The first kappa shape index (κ1) is 14.9. The average Bonchev–Trinajstić information content (AvgIpc) is 2.94. The number of para-hydroxylation sites is 1. The van der Waals surface area contributed by atoms with Crippen LogP contribution in [0.15, 0.2) is 35.7 Å². The molecule has 0 fully saturated rings. The van der Waals surface area contributed by atoms with Gasteiger partial charge in [-0.15, -0.1) is 11.3 Å². The number of hydrogen-bond acceptors (Lipinski definition) is 4. The zero-order valence-electron chi connectivity index (χ0n) is 11.0. The van der Waals surface area contributed by atoms with Gasteiger partial charge in [0.1, 0.15) is 5.56 Å². The van der Waals surface area contributed by atoms with E-state index in [1.807, 2.05) is 17.5 Å². The molecule has 0 saturated carbocycles. The van der Waals surface area contributed by atoms with Crippen LogP contribution in [0.4, 0.5) is 10.5 Å². The van der Waals surface area contributed by atoms with Crippen LogP contribution >= 0.6 is 11.3 Å². The zero-order chi connectivity index (χ0) is 15.2. The third kappa shape index (κ3) is 3.96. The summed E-state index contributed by atoms with van der Waals surface area (Å²) < 4.78 is 0. The zero-order valence-corrected chi connectivity index (χ0v) is 11.8. The molecule has 110 valence electrons. The average molecular weight is 306 g/mol. The van der Waals surface area contributed by atoms with E-state index in [2.05, 4.69) is 10.6 Å². The van der Waals surface area contributed by atoms with Crippen LogP contribution in [0.25, 0.3) is 0 Å². The number of anilines is 1. The van der Waals surface area contributed by atoms with E-state index in [0.29, 0.717) is 13.0 Å². The number of carboxylic acids is 1. The third-order valence-corrected chi connectivity index (χ3v) is 3.69. The smallest absolute Gasteiger partial charge is 0.339 e. The molecule has 1 aromatic carbocycles. The van der Waals surface area contributed by atoms with E-state index < -0.39 is 17.7 Å². The molecule has 1 heterocycles. The highest BCUT2D eigenvalue weighted by Crippen LogP contribution is 2.27. The van der Waals surface area contributed by atoms with Gasteiger partial charge in [-0.05, 0) is 30.0 Å². The van der Waals surface area contributed by atoms with Crippen molar-refractivity contribution in [2.45, 2.75) is 6.42 Å². The Morgan fingerprint density at radius 2 is 2.00 bits per heavy atom. The van der Waals surface area contributed by atoms with Crippen molar-refractivity contribution in [1.29, 1.82) is 0 Å². The molecule has 0 saturated heterocycles. The van der Waals surface area contributed by atoms with E-state index >= 15 is 0 Å². The summed E-state index contributed by atoms with van der Waals surface area (Å²) in [5, 5.41) is 25.7. The minimum absolute atomic E-state index is 0.0588. The lowest BCUT2D eigenvalue weighted by atomic mass is 10.1. The van der Waals surface area contributed by atoms with Crippen molar-refractivity contribution in [3.05, 3.63) is 46.2 Å². The molecule has 21 heavy (non-hydrogen) atoms. The van der Waals surface area contributed by atoms with E-state index in [-0.39, 0.29) is 11.3 Å². The monoisotopic (exact) mass is 306 g/mol. The van der Waals surface area contributed by atoms with Crippen LogP contribution in [0, 0.1) is 0 Å². The molecule has 2 amide bonds. The molecule has 0 atom stereocenters. The number of hydrogen-bond donors (Lipinski definition) is 4. The maximum Gasteiger partial charge on any atom is 0.339 e. The number of thiophene rings is 1. The minimum atomic E-state index is -1.26. The Bertz CT molecular complexity index is 640. The first-order valence-electron chi connectivity index (χ1n) is 6.20. The van der Waals surface area contributed by atoms with Gasteiger partial charge in [0.25, 0.3) is 0 Å². The molecule has 4 N–H and O–H groups in total. The van der Waals surface area contributed by atoms with E-state index in [1.54, 1.807) is 11.3 Å². The Balaban J connectivity index is 1.90. The summed E-state index contributed by atoms with van der Waals surface area (Å²) in [5.41, 5.74) is -0.199. The van der Waals surface area contributed by atoms with Gasteiger partial charge < -0.3 is 20.8 Å². The van der Waals surface area contributed by atoms with Gasteiger partial charge in [0.2, 0.25) is 0 Å². The molecule has 0 radical (unpaired) electrons. The van der Waals surface area contributed by atoms with Gasteiger partial charge >= 0.3 is 12.0 Å². The maximum atomic E-state index is 11.7. The fourth-order valence-corrected chi connectivity index (χ4v) is 2.45. The summed E-state index contributed by atoms with van der Waals surface area (Å²) in [6.45, 7) is 0.450. The topological polar surface area (TPSA) is 98.7 Å². The van der Waals surface area contributed by atoms with Crippen LogP contribution in [-0.4, -0.2) is 28.8 Å². The molecule has 0 bridgehead atoms. The second-order valence-electron chi connectivity index (χ2n) is 4.22. The lowest BCUT2D eigenvalue weighted by Crippen LogP contribution is -2.30. The third-order valence-electron chi connectivity index (χ3n) is 2.75. The number of amides is 2. The van der Waals surface area contributed by atoms with Crippen molar-refractivity contribution in [2.75, 3.05) is 11.9 Å². The number of benzene rings is 1. The van der Waals surface area contributed by atoms with Gasteiger partial charge in [-0.3, -0.25) is 0 Å². The predicted octanol–water partition coefficient (Wildman–Crippen LogP) is 2.52. The number of aromatic carboxylic acids is 1. The maximum absolute atomic E-state index is 11.7. The first-order valence-corrected chi connectivity index (χ1v) is 7.08. The molecule has 2 aromatic rings. The second kappa shape index (κ2) is 6.76. The fraction of sp³-hybridized carbons (Fsp3) is 0.143. The molecule has 1 aromatic heterocycles. The van der Waals surface area contributed by atoms with Gasteiger partial charge in [-0.2, -0.15) is 0 Å². The van der Waals surface area contributed by atoms with Gasteiger partial charge in [0.15, 0.2) is 5.75 Å². The standard InChI is InChI=1S/C14H14N2O4S/c17-12-10(13(18)19)4-1-5-11(12)16-14(20)15-7-6-9-3-2-8-21-9/h1-5,8,17H,6-7H2,(H,18,19)(H2,15,16,20). The molecule has 0 aliphatic heterocycles. The fourth-order valence-electron chi connectivity index (χ4n) is 1.74. The lowest BCUT2D eigenvalue weighted by Gasteiger charge is -2.10. The minimum Gasteiger partial charge on any atom is -0.505 e. The number of phenols is 1.